The lowest BCUT2D eigenvalue weighted by Gasteiger charge is -2.36. The lowest BCUT2D eigenvalue weighted by Crippen LogP contribution is -2.42. The van der Waals surface area contributed by atoms with Gasteiger partial charge >= 0.3 is 0 Å². The van der Waals surface area contributed by atoms with E-state index in [0.717, 1.165) is 17.7 Å². The van der Waals surface area contributed by atoms with Crippen LogP contribution in [0.15, 0.2) is 48.6 Å². The molecule has 1 aromatic carbocycles. The second kappa shape index (κ2) is 5.63. The predicted molar refractivity (Wildman–Crippen MR) is 82.9 cm³/mol. The van der Waals surface area contributed by atoms with Crippen molar-refractivity contribution in [1.29, 1.82) is 0 Å². The van der Waals surface area contributed by atoms with Crippen LogP contribution in [0.4, 0.5) is 0 Å². The van der Waals surface area contributed by atoms with Crippen molar-refractivity contribution in [1.82, 2.24) is 4.90 Å². The summed E-state index contributed by atoms with van der Waals surface area (Å²) in [6, 6.07) is 10.1. The van der Waals surface area contributed by atoms with Crippen LogP contribution in [-0.2, 0) is 4.79 Å². The molecule has 1 aliphatic carbocycles. The third-order valence-corrected chi connectivity index (χ3v) is 3.77. The monoisotopic (exact) mass is 270 g/mol. The number of primary amides is 1. The highest BCUT2D eigenvalue weighted by atomic mass is 16.1. The Bertz CT molecular complexity index is 545. The fourth-order valence-electron chi connectivity index (χ4n) is 2.87. The van der Waals surface area contributed by atoms with Crippen molar-refractivity contribution in [2.24, 2.45) is 17.1 Å². The maximum absolute atomic E-state index is 11.9. The summed E-state index contributed by atoms with van der Waals surface area (Å²) in [7, 11) is 4.02. The molecule has 1 aromatic rings. The Hall–Kier alpha value is -1.87. The minimum atomic E-state index is -0.287. The maximum atomic E-state index is 11.9. The average Bonchev–Trinajstić information content (AvgIpc) is 2.38. The van der Waals surface area contributed by atoms with Crippen LogP contribution in [0.3, 0.4) is 0 Å². The number of hydrogen-bond donors (Lipinski definition) is 1. The molecule has 0 bridgehead atoms. The lowest BCUT2D eigenvalue weighted by atomic mass is 9.71. The van der Waals surface area contributed by atoms with Gasteiger partial charge in [0.15, 0.2) is 0 Å². The van der Waals surface area contributed by atoms with Crippen molar-refractivity contribution in [2.45, 2.75) is 6.92 Å². The molecule has 3 heteroatoms. The van der Waals surface area contributed by atoms with E-state index in [1.807, 2.05) is 50.5 Å². The molecule has 3 nitrogen and oxygen atoms in total. The lowest BCUT2D eigenvalue weighted by molar-refractivity contribution is -0.123. The van der Waals surface area contributed by atoms with E-state index in [-0.39, 0.29) is 17.2 Å². The summed E-state index contributed by atoms with van der Waals surface area (Å²) < 4.78 is 0. The zero-order valence-electron chi connectivity index (χ0n) is 12.3. The van der Waals surface area contributed by atoms with Crippen molar-refractivity contribution in [3.63, 3.8) is 0 Å². The number of carbonyl (C=O) groups excluding carboxylic acids is 1. The van der Waals surface area contributed by atoms with E-state index in [1.165, 1.54) is 0 Å². The molecule has 0 saturated heterocycles. The van der Waals surface area contributed by atoms with Crippen LogP contribution in [0.5, 0.6) is 0 Å². The van der Waals surface area contributed by atoms with Gasteiger partial charge in [0, 0.05) is 12.0 Å². The van der Waals surface area contributed by atoms with E-state index >= 15 is 0 Å². The van der Waals surface area contributed by atoms with Gasteiger partial charge in [0.05, 0.1) is 5.92 Å². The van der Waals surface area contributed by atoms with E-state index in [1.54, 1.807) is 0 Å². The molecule has 0 aromatic heterocycles. The molecule has 0 spiro atoms. The number of allylic oxidation sites excluding steroid dienone is 2. The minimum absolute atomic E-state index is 0.256. The molecule has 2 N–H and O–H groups in total. The summed E-state index contributed by atoms with van der Waals surface area (Å²) in [4.78, 5) is 13.9. The summed E-state index contributed by atoms with van der Waals surface area (Å²) in [6.07, 6.45) is 6.21. The fourth-order valence-corrected chi connectivity index (χ4v) is 2.87. The van der Waals surface area contributed by atoms with Gasteiger partial charge < -0.3 is 10.6 Å². The van der Waals surface area contributed by atoms with E-state index < -0.39 is 0 Å². The van der Waals surface area contributed by atoms with Gasteiger partial charge in [-0.3, -0.25) is 4.79 Å². The predicted octanol–water partition coefficient (Wildman–Crippen LogP) is 2.31. The van der Waals surface area contributed by atoms with Gasteiger partial charge in [-0.1, -0.05) is 55.5 Å². The van der Waals surface area contributed by atoms with Crippen LogP contribution < -0.4 is 5.73 Å². The van der Waals surface area contributed by atoms with Gasteiger partial charge in [0.25, 0.3) is 0 Å². The molecule has 2 atom stereocenters. The molecule has 0 radical (unpaired) electrons. The highest BCUT2D eigenvalue weighted by molar-refractivity contribution is 5.86. The van der Waals surface area contributed by atoms with Crippen molar-refractivity contribution in [3.8, 4) is 0 Å². The Kier molecular flexibility index (Phi) is 4.09. The van der Waals surface area contributed by atoms with Crippen molar-refractivity contribution >= 4 is 11.5 Å². The molecule has 20 heavy (non-hydrogen) atoms. The fraction of sp³-hybridized carbons (Fsp3) is 0.353. The van der Waals surface area contributed by atoms with Crippen molar-refractivity contribution in [2.75, 3.05) is 20.6 Å². The first-order chi connectivity index (χ1) is 9.42. The third kappa shape index (κ3) is 2.99. The molecular formula is C17H22N2O. The zero-order valence-corrected chi connectivity index (χ0v) is 12.3. The van der Waals surface area contributed by atoms with E-state index in [2.05, 4.69) is 24.0 Å². The van der Waals surface area contributed by atoms with Gasteiger partial charge in [-0.15, -0.1) is 0 Å². The van der Waals surface area contributed by atoms with Crippen LogP contribution in [0.1, 0.15) is 12.5 Å². The molecule has 0 saturated carbocycles. The average molecular weight is 270 g/mol. The molecule has 1 amide bonds. The molecule has 2 rings (SSSR count). The molecular weight excluding hydrogens is 248 g/mol. The zero-order chi connectivity index (χ0) is 14.8. The Labute approximate surface area is 120 Å². The van der Waals surface area contributed by atoms with E-state index in [4.69, 9.17) is 5.73 Å². The van der Waals surface area contributed by atoms with Crippen LogP contribution in [0.2, 0.25) is 0 Å². The highest BCUT2D eigenvalue weighted by Gasteiger charge is 2.37. The number of nitrogens with two attached hydrogens (primary N) is 1. The van der Waals surface area contributed by atoms with Crippen LogP contribution in [-0.4, -0.2) is 31.4 Å². The van der Waals surface area contributed by atoms with Gasteiger partial charge in [-0.05, 0) is 25.2 Å². The largest absolute Gasteiger partial charge is 0.369 e. The van der Waals surface area contributed by atoms with Crippen molar-refractivity contribution in [3.05, 3.63) is 54.1 Å². The Balaban J connectivity index is 2.36. The minimum Gasteiger partial charge on any atom is -0.369 e. The second-order valence-electron chi connectivity index (χ2n) is 5.95. The number of nitrogens with zero attached hydrogens (tertiary/aromatic N) is 1. The highest BCUT2D eigenvalue weighted by Crippen LogP contribution is 2.38. The van der Waals surface area contributed by atoms with E-state index in [0.29, 0.717) is 0 Å². The second-order valence-corrected chi connectivity index (χ2v) is 5.95. The van der Waals surface area contributed by atoms with Crippen molar-refractivity contribution < 1.29 is 4.79 Å². The molecule has 106 valence electrons. The first-order valence-corrected chi connectivity index (χ1v) is 6.83. The summed E-state index contributed by atoms with van der Waals surface area (Å²) in [5.41, 5.74) is 7.54. The van der Waals surface area contributed by atoms with Gasteiger partial charge in [-0.2, -0.15) is 0 Å². The third-order valence-electron chi connectivity index (χ3n) is 3.77. The first kappa shape index (κ1) is 14.5. The Morgan fingerprint density at radius 2 is 1.95 bits per heavy atom. The van der Waals surface area contributed by atoms with Gasteiger partial charge in [0.1, 0.15) is 0 Å². The maximum Gasteiger partial charge on any atom is 0.225 e. The molecule has 0 fully saturated rings. The van der Waals surface area contributed by atoms with Gasteiger partial charge in [-0.25, -0.2) is 0 Å². The standard InChI is InChI=1S/C17H22N2O/c1-17(12-19(2)3)10-9-14(11-15(17)16(18)20)13-7-5-4-6-8-13/h4-11,15H,12H2,1-3H3,(H2,18,20). The number of benzene rings is 1. The number of amides is 1. The normalized spacial score (nSPS) is 25.6. The summed E-state index contributed by atoms with van der Waals surface area (Å²) in [5, 5.41) is 0. The Morgan fingerprint density at radius 1 is 1.30 bits per heavy atom. The van der Waals surface area contributed by atoms with E-state index in [9.17, 15) is 4.79 Å². The molecule has 0 heterocycles. The van der Waals surface area contributed by atoms with Crippen LogP contribution in [0.25, 0.3) is 5.57 Å². The first-order valence-electron chi connectivity index (χ1n) is 6.83. The number of rotatable bonds is 4. The smallest absolute Gasteiger partial charge is 0.225 e. The Morgan fingerprint density at radius 3 is 2.50 bits per heavy atom. The van der Waals surface area contributed by atoms with Crippen LogP contribution >= 0.6 is 0 Å². The number of hydrogen-bond acceptors (Lipinski definition) is 2. The molecule has 2 unspecified atom stereocenters. The topological polar surface area (TPSA) is 46.3 Å². The number of carbonyl (C=O) groups is 1. The summed E-state index contributed by atoms with van der Waals surface area (Å²) in [5.74, 6) is -0.558. The van der Waals surface area contributed by atoms with Gasteiger partial charge in [0.2, 0.25) is 5.91 Å². The summed E-state index contributed by atoms with van der Waals surface area (Å²) in [6.45, 7) is 2.87. The molecule has 0 aliphatic heterocycles. The SMILES string of the molecule is CN(C)CC1(C)C=CC(c2ccccc2)=CC1C(N)=O. The molecule has 1 aliphatic rings. The quantitative estimate of drug-likeness (QED) is 0.912. The van der Waals surface area contributed by atoms with Crippen LogP contribution in [0, 0.1) is 11.3 Å². The summed E-state index contributed by atoms with van der Waals surface area (Å²) >= 11 is 0.